The quantitative estimate of drug-likeness (QED) is 0.589. The number of hydrogen-bond acceptors (Lipinski definition) is 2. The van der Waals surface area contributed by atoms with Gasteiger partial charge in [-0.1, -0.05) is 42.5 Å². The number of benzene rings is 1. The Balaban J connectivity index is 2.23. The number of carbonyl (C=O) groups excluding carboxylic acids is 1. The first kappa shape index (κ1) is 11.1. The van der Waals surface area contributed by atoms with Crippen molar-refractivity contribution in [1.29, 1.82) is 0 Å². The fraction of sp³-hybridized carbons (Fsp3) is 0. The number of aromatic nitrogens is 1. The van der Waals surface area contributed by atoms with E-state index in [9.17, 15) is 4.79 Å². The molecule has 1 aromatic heterocycles. The Kier molecular flexibility index (Phi) is 3.64. The highest BCUT2D eigenvalue weighted by molar-refractivity contribution is 5.94. The molecule has 0 aliphatic heterocycles. The van der Waals surface area contributed by atoms with Crippen LogP contribution in [0.25, 0.3) is 11.6 Å². The van der Waals surface area contributed by atoms with Crippen molar-refractivity contribution >= 4 is 17.6 Å². The highest BCUT2D eigenvalue weighted by Crippen LogP contribution is 2.11. The average molecular weight is 221 g/mol. The summed E-state index contributed by atoms with van der Waals surface area (Å²) in [5, 5.41) is 0. The highest BCUT2D eigenvalue weighted by atomic mass is 16.1. The summed E-state index contributed by atoms with van der Waals surface area (Å²) >= 11 is 0. The second-order valence-electron chi connectivity index (χ2n) is 3.47. The van der Waals surface area contributed by atoms with Gasteiger partial charge in [-0.15, -0.1) is 0 Å². The van der Waals surface area contributed by atoms with E-state index in [0.717, 1.165) is 5.56 Å². The third kappa shape index (κ3) is 3.00. The topological polar surface area (TPSA) is 30.0 Å². The predicted octanol–water partition coefficient (Wildman–Crippen LogP) is 3.01. The predicted molar refractivity (Wildman–Crippen MR) is 68.8 cm³/mol. The molecule has 0 atom stereocenters. The van der Waals surface area contributed by atoms with Crippen molar-refractivity contribution in [1.82, 2.24) is 4.98 Å². The van der Waals surface area contributed by atoms with Crippen molar-refractivity contribution in [2.24, 2.45) is 0 Å². The maximum atomic E-state index is 10.9. The second kappa shape index (κ2) is 5.59. The lowest BCUT2D eigenvalue weighted by atomic mass is 10.1. The number of allylic oxidation sites excluding steroid dienone is 2. The second-order valence-corrected chi connectivity index (χ2v) is 3.47. The molecule has 17 heavy (non-hydrogen) atoms. The Morgan fingerprint density at radius 2 is 1.82 bits per heavy atom. The molecule has 1 aromatic carbocycles. The highest BCUT2D eigenvalue weighted by Gasteiger charge is 1.98. The van der Waals surface area contributed by atoms with Crippen LogP contribution in [0, 0.1) is 0 Å². The van der Waals surface area contributed by atoms with E-state index in [1.54, 1.807) is 18.3 Å². The van der Waals surface area contributed by atoms with Crippen LogP contribution in [-0.2, 0) is 4.79 Å². The lowest BCUT2D eigenvalue weighted by Crippen LogP contribution is -1.85. The lowest BCUT2D eigenvalue weighted by molar-refractivity contribution is 0.569. The molecular weight excluding hydrogens is 210 g/mol. The molecule has 0 fully saturated rings. The van der Waals surface area contributed by atoms with Crippen molar-refractivity contribution in [3.05, 3.63) is 72.1 Å². The molecule has 0 amide bonds. The Morgan fingerprint density at radius 1 is 1.06 bits per heavy atom. The molecule has 0 aliphatic carbocycles. The molecule has 2 heteroatoms. The maximum Gasteiger partial charge on any atom is 0.134 e. The SMILES string of the molecule is O=C=C(/C=C/c1ccccc1)c1ccccn1. The smallest absolute Gasteiger partial charge is 0.134 e. The third-order valence-corrected chi connectivity index (χ3v) is 2.29. The molecule has 0 aliphatic rings. The summed E-state index contributed by atoms with van der Waals surface area (Å²) in [6.45, 7) is 0. The summed E-state index contributed by atoms with van der Waals surface area (Å²) in [5.74, 6) is 1.91. The summed E-state index contributed by atoms with van der Waals surface area (Å²) in [6, 6.07) is 15.2. The van der Waals surface area contributed by atoms with Crippen molar-refractivity contribution in [2.45, 2.75) is 0 Å². The number of nitrogens with zero attached hydrogens (tertiary/aromatic N) is 1. The Bertz CT molecular complexity index is 552. The van der Waals surface area contributed by atoms with Crippen LogP contribution < -0.4 is 0 Å². The van der Waals surface area contributed by atoms with Crippen molar-refractivity contribution in [2.75, 3.05) is 0 Å². The van der Waals surface area contributed by atoms with Gasteiger partial charge in [0.05, 0.1) is 11.3 Å². The van der Waals surface area contributed by atoms with Gasteiger partial charge >= 0.3 is 0 Å². The van der Waals surface area contributed by atoms with E-state index in [1.165, 1.54) is 0 Å². The minimum Gasteiger partial charge on any atom is -0.255 e. The van der Waals surface area contributed by atoms with E-state index in [1.807, 2.05) is 54.5 Å². The van der Waals surface area contributed by atoms with Crippen LogP contribution in [0.15, 0.2) is 60.8 Å². The molecule has 2 nitrogen and oxygen atoms in total. The van der Waals surface area contributed by atoms with Gasteiger partial charge in [-0.2, -0.15) is 0 Å². The van der Waals surface area contributed by atoms with Crippen LogP contribution in [0.1, 0.15) is 11.3 Å². The lowest BCUT2D eigenvalue weighted by Gasteiger charge is -1.96. The van der Waals surface area contributed by atoms with Gasteiger partial charge in [0.25, 0.3) is 0 Å². The van der Waals surface area contributed by atoms with E-state index < -0.39 is 0 Å². The third-order valence-electron chi connectivity index (χ3n) is 2.29. The average Bonchev–Trinajstić information content (AvgIpc) is 2.42. The Morgan fingerprint density at radius 3 is 2.47 bits per heavy atom. The van der Waals surface area contributed by atoms with Crippen LogP contribution in [0.3, 0.4) is 0 Å². The molecule has 0 bridgehead atoms. The number of hydrogen-bond donors (Lipinski definition) is 0. The molecule has 0 saturated carbocycles. The van der Waals surface area contributed by atoms with Gasteiger partial charge in [0, 0.05) is 6.20 Å². The monoisotopic (exact) mass is 221 g/mol. The summed E-state index contributed by atoms with van der Waals surface area (Å²) in [6.07, 6.45) is 5.25. The van der Waals surface area contributed by atoms with E-state index in [0.29, 0.717) is 11.3 Å². The standard InChI is InChI=1S/C15H11NO/c17-12-14(15-8-4-5-11-16-15)10-9-13-6-2-1-3-7-13/h1-11H/b10-9+. The Hall–Kier alpha value is -2.44. The van der Waals surface area contributed by atoms with Crippen LogP contribution in [0.4, 0.5) is 0 Å². The van der Waals surface area contributed by atoms with Crippen molar-refractivity contribution in [3.63, 3.8) is 0 Å². The molecule has 1 heterocycles. The van der Waals surface area contributed by atoms with E-state index in [-0.39, 0.29) is 0 Å². The minimum absolute atomic E-state index is 0.453. The van der Waals surface area contributed by atoms with E-state index in [2.05, 4.69) is 4.98 Å². The molecule has 0 unspecified atom stereocenters. The van der Waals surface area contributed by atoms with Gasteiger partial charge in [0.1, 0.15) is 5.94 Å². The zero-order valence-corrected chi connectivity index (χ0v) is 9.21. The normalized spacial score (nSPS) is 10.1. The van der Waals surface area contributed by atoms with Crippen LogP contribution in [-0.4, -0.2) is 10.9 Å². The first-order valence-electron chi connectivity index (χ1n) is 5.30. The summed E-state index contributed by atoms with van der Waals surface area (Å²) in [4.78, 5) is 15.0. The molecular formula is C15H11NO. The minimum atomic E-state index is 0.453. The fourth-order valence-electron chi connectivity index (χ4n) is 1.44. The van der Waals surface area contributed by atoms with Crippen molar-refractivity contribution in [3.8, 4) is 0 Å². The summed E-state index contributed by atoms with van der Waals surface area (Å²) in [5.41, 5.74) is 2.13. The van der Waals surface area contributed by atoms with E-state index in [4.69, 9.17) is 0 Å². The largest absolute Gasteiger partial charge is 0.255 e. The Labute approximate surface area is 100.0 Å². The molecule has 2 aromatic rings. The molecule has 82 valence electrons. The van der Waals surface area contributed by atoms with Gasteiger partial charge in [0.2, 0.25) is 0 Å². The van der Waals surface area contributed by atoms with Gasteiger partial charge in [-0.25, -0.2) is 4.79 Å². The molecule has 0 radical (unpaired) electrons. The summed E-state index contributed by atoms with van der Waals surface area (Å²) in [7, 11) is 0. The van der Waals surface area contributed by atoms with E-state index >= 15 is 0 Å². The fourth-order valence-corrected chi connectivity index (χ4v) is 1.44. The summed E-state index contributed by atoms with van der Waals surface area (Å²) < 4.78 is 0. The number of rotatable bonds is 3. The zero-order chi connectivity index (χ0) is 11.9. The van der Waals surface area contributed by atoms with Gasteiger partial charge < -0.3 is 0 Å². The molecule has 0 spiro atoms. The van der Waals surface area contributed by atoms with Crippen LogP contribution >= 0.6 is 0 Å². The van der Waals surface area contributed by atoms with Crippen LogP contribution in [0.5, 0.6) is 0 Å². The van der Waals surface area contributed by atoms with Crippen molar-refractivity contribution < 1.29 is 4.79 Å². The first-order valence-corrected chi connectivity index (χ1v) is 5.30. The van der Waals surface area contributed by atoms with Gasteiger partial charge in [-0.3, -0.25) is 4.98 Å². The van der Waals surface area contributed by atoms with Gasteiger partial charge in [-0.05, 0) is 23.8 Å². The zero-order valence-electron chi connectivity index (χ0n) is 9.21. The first-order chi connectivity index (χ1) is 8.40. The molecule has 0 N–H and O–H groups in total. The molecule has 2 rings (SSSR count). The number of pyridine rings is 1. The van der Waals surface area contributed by atoms with Gasteiger partial charge in [0.15, 0.2) is 0 Å². The van der Waals surface area contributed by atoms with Crippen LogP contribution in [0.2, 0.25) is 0 Å². The maximum absolute atomic E-state index is 10.9. The molecule has 0 saturated heterocycles.